The highest BCUT2D eigenvalue weighted by Crippen LogP contribution is 2.44. The molecular formula is C17H32N2O2. The van der Waals surface area contributed by atoms with Crippen LogP contribution in [0.4, 0.5) is 0 Å². The van der Waals surface area contributed by atoms with Crippen LogP contribution >= 0.6 is 0 Å². The van der Waals surface area contributed by atoms with Gasteiger partial charge < -0.3 is 10.6 Å². The number of carbonyl (C=O) groups is 2. The third-order valence-corrected chi connectivity index (χ3v) is 4.15. The first-order valence-corrected chi connectivity index (χ1v) is 8.36. The maximum atomic E-state index is 12.1. The molecule has 0 radical (unpaired) electrons. The van der Waals surface area contributed by atoms with Gasteiger partial charge in [0.1, 0.15) is 0 Å². The molecule has 2 N–H and O–H groups in total. The van der Waals surface area contributed by atoms with Gasteiger partial charge in [0.15, 0.2) is 0 Å². The Hall–Kier alpha value is -1.06. The third kappa shape index (κ3) is 6.96. The molecule has 0 aromatic heterocycles. The zero-order chi connectivity index (χ0) is 15.9. The Balaban J connectivity index is 2.50. The van der Waals surface area contributed by atoms with Crippen molar-refractivity contribution in [2.24, 2.45) is 17.3 Å². The van der Waals surface area contributed by atoms with Crippen LogP contribution in [0.1, 0.15) is 66.2 Å². The number of rotatable bonds is 8. The lowest BCUT2D eigenvalue weighted by Gasteiger charge is -2.28. The first-order valence-electron chi connectivity index (χ1n) is 8.36. The molecule has 1 aliphatic carbocycles. The Morgan fingerprint density at radius 3 is 1.57 bits per heavy atom. The summed E-state index contributed by atoms with van der Waals surface area (Å²) < 4.78 is 0. The van der Waals surface area contributed by atoms with E-state index in [2.05, 4.69) is 38.3 Å². The van der Waals surface area contributed by atoms with E-state index in [1.807, 2.05) is 0 Å². The molecular weight excluding hydrogens is 264 g/mol. The summed E-state index contributed by atoms with van der Waals surface area (Å²) in [5.74, 6) is 1.12. The van der Waals surface area contributed by atoms with Crippen LogP contribution in [0.5, 0.6) is 0 Å². The van der Waals surface area contributed by atoms with E-state index in [9.17, 15) is 9.59 Å². The summed E-state index contributed by atoms with van der Waals surface area (Å²) in [5.41, 5.74) is -0.109. The lowest BCUT2D eigenvalue weighted by atomic mass is 9.79. The zero-order valence-corrected chi connectivity index (χ0v) is 14.1. The summed E-state index contributed by atoms with van der Waals surface area (Å²) in [7, 11) is 0. The van der Waals surface area contributed by atoms with Gasteiger partial charge in [0.05, 0.1) is 0 Å². The maximum absolute atomic E-state index is 12.1. The molecule has 0 bridgehead atoms. The fourth-order valence-corrected chi connectivity index (χ4v) is 2.98. The topological polar surface area (TPSA) is 58.2 Å². The van der Waals surface area contributed by atoms with Crippen molar-refractivity contribution in [3.8, 4) is 0 Å². The summed E-state index contributed by atoms with van der Waals surface area (Å²) >= 11 is 0. The first kappa shape index (κ1) is 18.0. The molecule has 0 heterocycles. The van der Waals surface area contributed by atoms with Gasteiger partial charge >= 0.3 is 0 Å². The van der Waals surface area contributed by atoms with Gasteiger partial charge in [-0.25, -0.2) is 0 Å². The molecule has 0 aliphatic heterocycles. The van der Waals surface area contributed by atoms with Gasteiger partial charge in [-0.1, -0.05) is 40.5 Å². The van der Waals surface area contributed by atoms with Gasteiger partial charge in [0.25, 0.3) is 0 Å². The monoisotopic (exact) mass is 296 g/mol. The molecule has 0 atom stereocenters. The summed E-state index contributed by atoms with van der Waals surface area (Å²) in [6.07, 6.45) is 5.25. The molecule has 122 valence electrons. The molecule has 1 rings (SSSR count). The molecule has 1 saturated carbocycles. The highest BCUT2D eigenvalue weighted by Gasteiger charge is 2.37. The van der Waals surface area contributed by atoms with Crippen molar-refractivity contribution >= 4 is 11.8 Å². The SMILES string of the molecule is CC(C)CNC(=O)CC1(CC(=O)NCC(C)C)CCCC1. The van der Waals surface area contributed by atoms with Crippen molar-refractivity contribution in [1.82, 2.24) is 10.6 Å². The number of carbonyl (C=O) groups excluding carboxylic acids is 2. The number of nitrogens with one attached hydrogen (secondary N) is 2. The minimum Gasteiger partial charge on any atom is -0.356 e. The smallest absolute Gasteiger partial charge is 0.220 e. The molecule has 1 fully saturated rings. The van der Waals surface area contributed by atoms with Crippen LogP contribution in [0.15, 0.2) is 0 Å². The van der Waals surface area contributed by atoms with Gasteiger partial charge in [0.2, 0.25) is 11.8 Å². The van der Waals surface area contributed by atoms with Crippen LogP contribution in [0.3, 0.4) is 0 Å². The van der Waals surface area contributed by atoms with Gasteiger partial charge in [-0.3, -0.25) is 9.59 Å². The van der Waals surface area contributed by atoms with E-state index < -0.39 is 0 Å². The molecule has 4 heteroatoms. The molecule has 0 unspecified atom stereocenters. The van der Waals surface area contributed by atoms with Gasteiger partial charge in [-0.05, 0) is 30.1 Å². The van der Waals surface area contributed by atoms with E-state index in [4.69, 9.17) is 0 Å². The van der Waals surface area contributed by atoms with E-state index in [1.54, 1.807) is 0 Å². The second-order valence-electron chi connectivity index (χ2n) is 7.46. The van der Waals surface area contributed by atoms with Crippen molar-refractivity contribution in [1.29, 1.82) is 0 Å². The maximum Gasteiger partial charge on any atom is 0.220 e. The van der Waals surface area contributed by atoms with E-state index in [0.29, 0.717) is 37.8 Å². The van der Waals surface area contributed by atoms with Gasteiger partial charge in [-0.2, -0.15) is 0 Å². The average molecular weight is 296 g/mol. The average Bonchev–Trinajstić information content (AvgIpc) is 2.82. The predicted octanol–water partition coefficient (Wildman–Crippen LogP) is 2.87. The molecule has 4 nitrogen and oxygen atoms in total. The number of amides is 2. The Bertz CT molecular complexity index is 317. The molecule has 0 spiro atoms. The molecule has 1 aliphatic rings. The van der Waals surface area contributed by atoms with E-state index in [1.165, 1.54) is 0 Å². The second-order valence-corrected chi connectivity index (χ2v) is 7.46. The minimum atomic E-state index is -0.109. The van der Waals surface area contributed by atoms with Crippen LogP contribution in [0.25, 0.3) is 0 Å². The Morgan fingerprint density at radius 1 is 0.857 bits per heavy atom. The molecule has 0 aromatic rings. The highest BCUT2D eigenvalue weighted by molar-refractivity contribution is 5.80. The van der Waals surface area contributed by atoms with E-state index in [0.717, 1.165) is 25.7 Å². The third-order valence-electron chi connectivity index (χ3n) is 4.15. The van der Waals surface area contributed by atoms with Crippen molar-refractivity contribution in [3.63, 3.8) is 0 Å². The van der Waals surface area contributed by atoms with Crippen LogP contribution in [-0.2, 0) is 9.59 Å². The van der Waals surface area contributed by atoms with Gasteiger partial charge in [-0.15, -0.1) is 0 Å². The summed E-state index contributed by atoms with van der Waals surface area (Å²) in [6, 6.07) is 0. The Labute approximate surface area is 129 Å². The lowest BCUT2D eigenvalue weighted by molar-refractivity contribution is -0.126. The van der Waals surface area contributed by atoms with Gasteiger partial charge in [0, 0.05) is 25.9 Å². The van der Waals surface area contributed by atoms with E-state index in [-0.39, 0.29) is 17.2 Å². The van der Waals surface area contributed by atoms with Crippen molar-refractivity contribution in [3.05, 3.63) is 0 Å². The zero-order valence-electron chi connectivity index (χ0n) is 14.1. The van der Waals surface area contributed by atoms with Crippen LogP contribution in [0.2, 0.25) is 0 Å². The normalized spacial score (nSPS) is 17.2. The first-order chi connectivity index (χ1) is 9.83. The van der Waals surface area contributed by atoms with Crippen molar-refractivity contribution < 1.29 is 9.59 Å². The Morgan fingerprint density at radius 2 is 1.24 bits per heavy atom. The number of hydrogen-bond donors (Lipinski definition) is 2. The summed E-state index contributed by atoms with van der Waals surface area (Å²) in [5, 5.41) is 5.97. The van der Waals surface area contributed by atoms with E-state index >= 15 is 0 Å². The molecule has 0 saturated heterocycles. The predicted molar refractivity (Wildman–Crippen MR) is 85.8 cm³/mol. The van der Waals surface area contributed by atoms with Crippen molar-refractivity contribution in [2.45, 2.75) is 66.2 Å². The lowest BCUT2D eigenvalue weighted by Crippen LogP contribution is -2.37. The summed E-state index contributed by atoms with van der Waals surface area (Å²) in [6.45, 7) is 9.79. The standard InChI is InChI=1S/C17H32N2O2/c1-13(2)11-18-15(20)9-17(7-5-6-8-17)10-16(21)19-12-14(3)4/h13-14H,5-12H2,1-4H3,(H,18,20)(H,19,21). The Kier molecular flexibility index (Phi) is 7.20. The summed E-state index contributed by atoms with van der Waals surface area (Å²) in [4.78, 5) is 24.2. The molecule has 0 aromatic carbocycles. The van der Waals surface area contributed by atoms with Crippen molar-refractivity contribution in [2.75, 3.05) is 13.1 Å². The molecule has 2 amide bonds. The van der Waals surface area contributed by atoms with Crippen LogP contribution < -0.4 is 10.6 Å². The number of hydrogen-bond acceptors (Lipinski definition) is 2. The van der Waals surface area contributed by atoms with Crippen LogP contribution in [0, 0.1) is 17.3 Å². The van der Waals surface area contributed by atoms with Crippen LogP contribution in [-0.4, -0.2) is 24.9 Å². The fourth-order valence-electron chi connectivity index (χ4n) is 2.98. The quantitative estimate of drug-likeness (QED) is 0.723. The minimum absolute atomic E-state index is 0.0993. The fraction of sp³-hybridized carbons (Fsp3) is 0.882. The molecule has 21 heavy (non-hydrogen) atoms. The highest BCUT2D eigenvalue weighted by atomic mass is 16.2. The largest absolute Gasteiger partial charge is 0.356 e. The second kappa shape index (κ2) is 8.40.